The van der Waals surface area contributed by atoms with Crippen molar-refractivity contribution < 1.29 is 13.9 Å². The van der Waals surface area contributed by atoms with E-state index < -0.39 is 0 Å². The first-order valence-corrected chi connectivity index (χ1v) is 6.81. The molecule has 3 nitrogen and oxygen atoms in total. The molecule has 0 radical (unpaired) electrons. The van der Waals surface area contributed by atoms with Gasteiger partial charge in [-0.2, -0.15) is 0 Å². The summed E-state index contributed by atoms with van der Waals surface area (Å²) in [6.45, 7) is 4.53. The van der Waals surface area contributed by atoms with E-state index in [0.717, 1.165) is 0 Å². The average Bonchev–Trinajstić information content (AvgIpc) is 2.41. The van der Waals surface area contributed by atoms with Gasteiger partial charge in [0.25, 0.3) is 5.91 Å². The summed E-state index contributed by atoms with van der Waals surface area (Å²) in [6.07, 6.45) is -0.136. The minimum atomic E-state index is -0.301. The normalized spacial score (nSPS) is 23.5. The van der Waals surface area contributed by atoms with Crippen LogP contribution in [0, 0.1) is 12.7 Å². The standard InChI is InChI=1S/C14H17ClFNO2/c1-9-5-11(3-4-13(9)16)14(18)17-7-12(6-15)19-8-10(17)2/h3-5,10,12H,6-8H2,1-2H3. The summed E-state index contributed by atoms with van der Waals surface area (Å²) in [5.41, 5.74) is 0.974. The van der Waals surface area contributed by atoms with Crippen LogP contribution < -0.4 is 0 Å². The van der Waals surface area contributed by atoms with Crippen LogP contribution in [0.5, 0.6) is 0 Å². The first-order chi connectivity index (χ1) is 9.02. The lowest BCUT2D eigenvalue weighted by molar-refractivity contribution is -0.0371. The van der Waals surface area contributed by atoms with E-state index in [-0.39, 0.29) is 23.9 Å². The van der Waals surface area contributed by atoms with Gasteiger partial charge in [0.15, 0.2) is 0 Å². The first-order valence-electron chi connectivity index (χ1n) is 6.27. The maximum absolute atomic E-state index is 13.2. The molecule has 19 heavy (non-hydrogen) atoms. The van der Waals surface area contributed by atoms with Gasteiger partial charge in [0.1, 0.15) is 5.82 Å². The second-order valence-electron chi connectivity index (χ2n) is 4.88. The zero-order valence-corrected chi connectivity index (χ0v) is 11.8. The molecule has 1 aliphatic heterocycles. The predicted molar refractivity (Wildman–Crippen MR) is 72.1 cm³/mol. The Balaban J connectivity index is 2.19. The summed E-state index contributed by atoms with van der Waals surface area (Å²) in [5.74, 6) is -0.0434. The van der Waals surface area contributed by atoms with Gasteiger partial charge in [-0.1, -0.05) is 0 Å². The van der Waals surface area contributed by atoms with Crippen molar-refractivity contribution in [3.05, 3.63) is 35.1 Å². The van der Waals surface area contributed by atoms with Crippen LogP contribution in [0.25, 0.3) is 0 Å². The molecule has 0 bridgehead atoms. The maximum atomic E-state index is 13.2. The molecule has 1 aromatic rings. The Hall–Kier alpha value is -1.13. The fraction of sp³-hybridized carbons (Fsp3) is 0.500. The Morgan fingerprint density at radius 3 is 2.95 bits per heavy atom. The molecule has 0 spiro atoms. The maximum Gasteiger partial charge on any atom is 0.254 e. The van der Waals surface area contributed by atoms with Crippen LogP contribution in [-0.4, -0.2) is 42.0 Å². The summed E-state index contributed by atoms with van der Waals surface area (Å²) in [7, 11) is 0. The Morgan fingerprint density at radius 2 is 2.32 bits per heavy atom. The van der Waals surface area contributed by atoms with Crippen LogP contribution in [0.4, 0.5) is 4.39 Å². The topological polar surface area (TPSA) is 29.5 Å². The van der Waals surface area contributed by atoms with Crippen molar-refractivity contribution >= 4 is 17.5 Å². The zero-order valence-electron chi connectivity index (χ0n) is 11.0. The number of benzene rings is 1. The number of alkyl halides is 1. The van der Waals surface area contributed by atoms with E-state index in [4.69, 9.17) is 16.3 Å². The fourth-order valence-corrected chi connectivity index (χ4v) is 2.32. The molecular weight excluding hydrogens is 269 g/mol. The van der Waals surface area contributed by atoms with E-state index in [1.165, 1.54) is 12.1 Å². The highest BCUT2D eigenvalue weighted by molar-refractivity contribution is 6.18. The number of amides is 1. The van der Waals surface area contributed by atoms with Gasteiger partial charge >= 0.3 is 0 Å². The lowest BCUT2D eigenvalue weighted by Crippen LogP contribution is -2.51. The molecule has 1 aromatic carbocycles. The molecule has 1 amide bonds. The number of aryl methyl sites for hydroxylation is 1. The van der Waals surface area contributed by atoms with Gasteiger partial charge in [-0.15, -0.1) is 11.6 Å². The Kier molecular flexibility index (Phi) is 4.42. The first kappa shape index (κ1) is 14.3. The van der Waals surface area contributed by atoms with Crippen molar-refractivity contribution in [2.75, 3.05) is 19.0 Å². The van der Waals surface area contributed by atoms with Crippen molar-refractivity contribution in [1.29, 1.82) is 0 Å². The van der Waals surface area contributed by atoms with Gasteiger partial charge in [0, 0.05) is 12.1 Å². The highest BCUT2D eigenvalue weighted by atomic mass is 35.5. The number of nitrogens with zero attached hydrogens (tertiary/aromatic N) is 1. The third kappa shape index (κ3) is 3.07. The van der Waals surface area contributed by atoms with Gasteiger partial charge in [0.05, 0.1) is 24.6 Å². The highest BCUT2D eigenvalue weighted by Gasteiger charge is 2.29. The second-order valence-corrected chi connectivity index (χ2v) is 5.19. The van der Waals surface area contributed by atoms with E-state index in [2.05, 4.69) is 0 Å². The minimum Gasteiger partial charge on any atom is -0.373 e. The van der Waals surface area contributed by atoms with E-state index in [9.17, 15) is 9.18 Å². The van der Waals surface area contributed by atoms with Gasteiger partial charge in [-0.3, -0.25) is 4.79 Å². The smallest absolute Gasteiger partial charge is 0.254 e. The molecule has 0 saturated carbocycles. The molecule has 0 N–H and O–H groups in total. The van der Waals surface area contributed by atoms with E-state index in [1.54, 1.807) is 17.9 Å². The lowest BCUT2D eigenvalue weighted by atomic mass is 10.1. The molecule has 104 valence electrons. The summed E-state index contributed by atoms with van der Waals surface area (Å²) < 4.78 is 18.7. The van der Waals surface area contributed by atoms with Crippen LogP contribution >= 0.6 is 11.6 Å². The molecule has 2 rings (SSSR count). The quantitative estimate of drug-likeness (QED) is 0.782. The Labute approximate surface area is 117 Å². The Morgan fingerprint density at radius 1 is 1.58 bits per heavy atom. The molecule has 0 aliphatic carbocycles. The average molecular weight is 286 g/mol. The van der Waals surface area contributed by atoms with E-state index >= 15 is 0 Å². The monoisotopic (exact) mass is 285 g/mol. The van der Waals surface area contributed by atoms with Gasteiger partial charge in [-0.05, 0) is 37.6 Å². The fourth-order valence-electron chi connectivity index (χ4n) is 2.14. The van der Waals surface area contributed by atoms with Crippen molar-refractivity contribution in [3.63, 3.8) is 0 Å². The van der Waals surface area contributed by atoms with Crippen molar-refractivity contribution in [2.24, 2.45) is 0 Å². The largest absolute Gasteiger partial charge is 0.373 e. The molecule has 0 aromatic heterocycles. The molecule has 1 fully saturated rings. The summed E-state index contributed by atoms with van der Waals surface area (Å²) in [4.78, 5) is 14.2. The number of hydrogen-bond donors (Lipinski definition) is 0. The number of morpholine rings is 1. The molecule has 2 unspecified atom stereocenters. The van der Waals surface area contributed by atoms with E-state index in [1.807, 2.05) is 6.92 Å². The Bertz CT molecular complexity index is 481. The van der Waals surface area contributed by atoms with Crippen LogP contribution in [-0.2, 0) is 4.74 Å². The molecule has 2 atom stereocenters. The zero-order chi connectivity index (χ0) is 14.0. The van der Waals surface area contributed by atoms with Crippen LogP contribution in [0.3, 0.4) is 0 Å². The number of carbonyl (C=O) groups excluding carboxylic acids is 1. The number of halogens is 2. The third-order valence-corrected chi connectivity index (χ3v) is 3.69. The van der Waals surface area contributed by atoms with Gasteiger partial charge in [-0.25, -0.2) is 4.39 Å². The number of hydrogen-bond acceptors (Lipinski definition) is 2. The van der Waals surface area contributed by atoms with Crippen LogP contribution in [0.2, 0.25) is 0 Å². The van der Waals surface area contributed by atoms with E-state index in [0.29, 0.717) is 30.2 Å². The summed E-state index contributed by atoms with van der Waals surface area (Å²) >= 11 is 5.78. The lowest BCUT2D eigenvalue weighted by Gasteiger charge is -2.37. The molecule has 1 aliphatic rings. The number of rotatable bonds is 2. The minimum absolute atomic E-state index is 0.00248. The number of ether oxygens (including phenoxy) is 1. The third-order valence-electron chi connectivity index (χ3n) is 3.34. The molecule has 1 heterocycles. The molecule has 1 saturated heterocycles. The van der Waals surface area contributed by atoms with Gasteiger partial charge < -0.3 is 9.64 Å². The summed E-state index contributed by atoms with van der Waals surface area (Å²) in [5, 5.41) is 0. The van der Waals surface area contributed by atoms with Crippen molar-refractivity contribution in [2.45, 2.75) is 26.0 Å². The van der Waals surface area contributed by atoms with Gasteiger partial charge in [0.2, 0.25) is 0 Å². The predicted octanol–water partition coefficient (Wildman–Crippen LogP) is 2.60. The van der Waals surface area contributed by atoms with Crippen LogP contribution in [0.15, 0.2) is 18.2 Å². The van der Waals surface area contributed by atoms with Crippen molar-refractivity contribution in [3.8, 4) is 0 Å². The number of carbonyl (C=O) groups is 1. The molecular formula is C14H17ClFNO2. The van der Waals surface area contributed by atoms with Crippen LogP contribution in [0.1, 0.15) is 22.8 Å². The second kappa shape index (κ2) is 5.88. The van der Waals surface area contributed by atoms with Crippen molar-refractivity contribution in [1.82, 2.24) is 4.90 Å². The SMILES string of the molecule is Cc1cc(C(=O)N2CC(CCl)OCC2C)ccc1F. The highest BCUT2D eigenvalue weighted by Crippen LogP contribution is 2.18. The summed E-state index contributed by atoms with van der Waals surface area (Å²) in [6, 6.07) is 4.42. The molecule has 5 heteroatoms.